The Hall–Kier alpha value is -0.470. The Morgan fingerprint density at radius 1 is 1.80 bits per heavy atom. The summed E-state index contributed by atoms with van der Waals surface area (Å²) in [6, 6.07) is -0.221. The predicted octanol–water partition coefficient (Wildman–Crippen LogP) is -0.127. The summed E-state index contributed by atoms with van der Waals surface area (Å²) in [5.74, 6) is -0.224. The first-order chi connectivity index (χ1) is 4.84. The van der Waals surface area contributed by atoms with E-state index in [9.17, 15) is 9.36 Å². The van der Waals surface area contributed by atoms with Gasteiger partial charge in [-0.3, -0.25) is 10.1 Å². The highest BCUT2D eigenvalue weighted by atomic mass is 31.1. The van der Waals surface area contributed by atoms with E-state index in [1.54, 1.807) is 0 Å². The third-order valence-electron chi connectivity index (χ3n) is 1.36. The Kier molecular flexibility index (Phi) is 2.78. The molecule has 1 aliphatic rings. The number of ether oxygens (including phenoxy) is 1. The van der Waals surface area contributed by atoms with Crippen LogP contribution in [0.4, 0.5) is 0 Å². The lowest BCUT2D eigenvalue weighted by molar-refractivity contribution is -0.139. The van der Waals surface area contributed by atoms with E-state index in [-0.39, 0.29) is 20.5 Å². The first-order valence-corrected chi connectivity index (χ1v) is 4.21. The number of hydrogen-bond acceptors (Lipinski definition) is 4. The largest absolute Gasteiger partial charge is 0.449 e. The van der Waals surface area contributed by atoms with E-state index < -0.39 is 0 Å². The summed E-state index contributed by atoms with van der Waals surface area (Å²) in [7, 11) is -0.324. The van der Waals surface area contributed by atoms with Gasteiger partial charge in [-0.05, 0) is 0 Å². The molecule has 2 atom stereocenters. The number of cyclic esters (lactones) is 1. The average molecular weight is 162 g/mol. The molecule has 0 saturated carbocycles. The van der Waals surface area contributed by atoms with Crippen LogP contribution in [-0.2, 0) is 14.1 Å². The van der Waals surface area contributed by atoms with E-state index in [2.05, 4.69) is 10.1 Å². The van der Waals surface area contributed by atoms with Crippen molar-refractivity contribution in [3.63, 3.8) is 0 Å². The molecule has 0 bridgehead atoms. The third-order valence-corrected chi connectivity index (χ3v) is 1.86. The molecule has 1 heterocycles. The quantitative estimate of drug-likeness (QED) is 0.464. The second-order valence-corrected chi connectivity index (χ2v) is 2.84. The first kappa shape index (κ1) is 7.63. The summed E-state index contributed by atoms with van der Waals surface area (Å²) in [5, 5.41) is 2.83. The molecule has 10 heavy (non-hydrogen) atoms. The van der Waals surface area contributed by atoms with E-state index in [1.165, 1.54) is 0 Å². The van der Waals surface area contributed by atoms with Crippen molar-refractivity contribution in [1.29, 1.82) is 0 Å². The SMILES string of the molecule is O=[PH+]CCC1NCOC1=O. The molecule has 0 aliphatic carbocycles. The van der Waals surface area contributed by atoms with E-state index >= 15 is 0 Å². The Bertz CT molecular complexity index is 150. The summed E-state index contributed by atoms with van der Waals surface area (Å²) >= 11 is 0. The van der Waals surface area contributed by atoms with Crippen LogP contribution in [-0.4, -0.2) is 24.9 Å². The molecule has 0 aromatic rings. The lowest BCUT2D eigenvalue weighted by Gasteiger charge is -1.97. The molecule has 0 radical (unpaired) electrons. The number of rotatable bonds is 3. The van der Waals surface area contributed by atoms with Crippen LogP contribution in [0.1, 0.15) is 6.42 Å². The van der Waals surface area contributed by atoms with Crippen LogP contribution in [0.2, 0.25) is 0 Å². The highest BCUT2D eigenvalue weighted by molar-refractivity contribution is 7.23. The smallest absolute Gasteiger partial charge is 0.324 e. The van der Waals surface area contributed by atoms with Crippen molar-refractivity contribution < 1.29 is 14.1 Å². The molecule has 1 N–H and O–H groups in total. The van der Waals surface area contributed by atoms with E-state index in [4.69, 9.17) is 0 Å². The fraction of sp³-hybridized carbons (Fsp3) is 0.800. The Morgan fingerprint density at radius 3 is 3.10 bits per heavy atom. The maximum Gasteiger partial charge on any atom is 0.324 e. The second-order valence-electron chi connectivity index (χ2n) is 2.05. The van der Waals surface area contributed by atoms with Crippen LogP contribution in [0.25, 0.3) is 0 Å². The van der Waals surface area contributed by atoms with E-state index in [1.807, 2.05) is 0 Å². The molecule has 0 aromatic carbocycles. The van der Waals surface area contributed by atoms with Gasteiger partial charge >= 0.3 is 14.4 Å². The highest BCUT2D eigenvalue weighted by Crippen LogP contribution is 2.05. The molecule has 1 rings (SSSR count). The molecule has 1 aliphatic heterocycles. The molecule has 1 saturated heterocycles. The lowest BCUT2D eigenvalue weighted by Crippen LogP contribution is -2.27. The monoisotopic (exact) mass is 162 g/mol. The van der Waals surface area contributed by atoms with Gasteiger partial charge in [-0.2, -0.15) is 0 Å². The van der Waals surface area contributed by atoms with Gasteiger partial charge in [0.15, 0.2) is 0 Å². The number of nitrogens with one attached hydrogen (secondary N) is 1. The average Bonchev–Trinajstić information content (AvgIpc) is 2.31. The molecular weight excluding hydrogens is 153 g/mol. The predicted molar refractivity (Wildman–Crippen MR) is 36.4 cm³/mol. The van der Waals surface area contributed by atoms with Gasteiger partial charge in [0.05, 0.1) is 0 Å². The minimum Gasteiger partial charge on any atom is -0.449 e. The van der Waals surface area contributed by atoms with Gasteiger partial charge in [0.2, 0.25) is 0 Å². The Morgan fingerprint density at radius 2 is 2.60 bits per heavy atom. The molecule has 4 nitrogen and oxygen atoms in total. The van der Waals surface area contributed by atoms with Crippen molar-refractivity contribution >= 4 is 14.4 Å². The van der Waals surface area contributed by atoms with Gasteiger partial charge in [0.25, 0.3) is 0 Å². The van der Waals surface area contributed by atoms with E-state index in [0.717, 1.165) is 0 Å². The van der Waals surface area contributed by atoms with Gasteiger partial charge in [-0.15, -0.1) is 0 Å². The molecule has 1 fully saturated rings. The van der Waals surface area contributed by atoms with Crippen molar-refractivity contribution in [2.24, 2.45) is 0 Å². The van der Waals surface area contributed by atoms with Gasteiger partial charge < -0.3 is 4.74 Å². The zero-order valence-electron chi connectivity index (χ0n) is 5.42. The fourth-order valence-corrected chi connectivity index (χ4v) is 1.23. The van der Waals surface area contributed by atoms with Crippen LogP contribution in [0.15, 0.2) is 0 Å². The summed E-state index contributed by atoms with van der Waals surface area (Å²) in [6.07, 6.45) is 1.17. The van der Waals surface area contributed by atoms with Crippen LogP contribution in [0.5, 0.6) is 0 Å². The fourth-order valence-electron chi connectivity index (χ4n) is 0.820. The molecule has 0 aromatic heterocycles. The van der Waals surface area contributed by atoms with Crippen LogP contribution >= 0.6 is 8.46 Å². The van der Waals surface area contributed by atoms with Crippen molar-refractivity contribution in [1.82, 2.24) is 5.32 Å². The van der Waals surface area contributed by atoms with Gasteiger partial charge in [0.1, 0.15) is 18.9 Å². The molecule has 0 spiro atoms. The lowest BCUT2D eigenvalue weighted by atomic mass is 10.2. The summed E-state index contributed by atoms with van der Waals surface area (Å²) in [6.45, 7) is 0.297. The van der Waals surface area contributed by atoms with Crippen LogP contribution in [0.3, 0.4) is 0 Å². The zero-order valence-corrected chi connectivity index (χ0v) is 6.42. The molecule has 56 valence electrons. The molecular formula is C5H9NO3P+. The van der Waals surface area contributed by atoms with Gasteiger partial charge in [-0.1, -0.05) is 4.57 Å². The molecule has 0 amide bonds. The summed E-state index contributed by atoms with van der Waals surface area (Å²) < 4.78 is 14.7. The summed E-state index contributed by atoms with van der Waals surface area (Å²) in [5.41, 5.74) is 0. The zero-order chi connectivity index (χ0) is 7.40. The number of hydrogen-bond donors (Lipinski definition) is 1. The van der Waals surface area contributed by atoms with Gasteiger partial charge in [-0.25, -0.2) is 0 Å². The van der Waals surface area contributed by atoms with Crippen molar-refractivity contribution in [3.8, 4) is 0 Å². The minimum absolute atomic E-state index is 0.221. The van der Waals surface area contributed by atoms with Crippen LogP contribution in [0, 0.1) is 0 Å². The highest BCUT2D eigenvalue weighted by Gasteiger charge is 2.25. The number of esters is 1. The Labute approximate surface area is 60.1 Å². The Balaban J connectivity index is 2.26. The van der Waals surface area contributed by atoms with Crippen molar-refractivity contribution in [2.75, 3.05) is 12.9 Å². The van der Waals surface area contributed by atoms with Crippen molar-refractivity contribution in [3.05, 3.63) is 0 Å². The minimum atomic E-state index is -0.324. The second kappa shape index (κ2) is 3.64. The molecule has 5 heteroatoms. The van der Waals surface area contributed by atoms with E-state index in [0.29, 0.717) is 19.3 Å². The molecule has 2 unspecified atom stereocenters. The maximum atomic E-state index is 10.7. The number of carbonyl (C=O) groups is 1. The standard InChI is InChI=1S/C5H8NO3P/c7-5-4(1-2-10-8)6-3-9-5/h4,6H,1-3H2/p+1. The topological polar surface area (TPSA) is 55.4 Å². The van der Waals surface area contributed by atoms with Crippen LogP contribution < -0.4 is 5.32 Å². The normalized spacial score (nSPS) is 25.2. The first-order valence-electron chi connectivity index (χ1n) is 3.09. The van der Waals surface area contributed by atoms with Gasteiger partial charge in [0, 0.05) is 6.42 Å². The maximum absolute atomic E-state index is 10.7. The third kappa shape index (κ3) is 1.75. The number of carbonyl (C=O) groups excluding carboxylic acids is 1. The van der Waals surface area contributed by atoms with Crippen molar-refractivity contribution in [2.45, 2.75) is 12.5 Å². The summed E-state index contributed by atoms with van der Waals surface area (Å²) in [4.78, 5) is 10.7.